The van der Waals surface area contributed by atoms with Crippen LogP contribution in [-0.4, -0.2) is 64.6 Å². The molecular formula is C31H32N2O7. The second-order valence-corrected chi connectivity index (χ2v) is 8.15. The summed E-state index contributed by atoms with van der Waals surface area (Å²) in [5.41, 5.74) is 2.77. The highest BCUT2D eigenvalue weighted by molar-refractivity contribution is 6.04. The molecule has 4 aromatic rings. The van der Waals surface area contributed by atoms with Crippen molar-refractivity contribution in [1.82, 2.24) is 0 Å². The Balaban J connectivity index is 0.000000254. The number of aliphatic hydroxyl groups excluding tert-OH is 2. The number of nitrogens with one attached hydrogen (secondary N) is 1. The fourth-order valence-corrected chi connectivity index (χ4v) is 3.35. The normalized spacial score (nSPS) is 9.65. The first-order valence-corrected chi connectivity index (χ1v) is 12.4. The minimum Gasteiger partial charge on any atom is -0.478 e. The molecular weight excluding hydrogens is 512 g/mol. The molecule has 5 N–H and O–H groups in total. The van der Waals surface area contributed by atoms with Crippen LogP contribution in [-0.2, 0) is 0 Å². The molecule has 0 bridgehead atoms. The summed E-state index contributed by atoms with van der Waals surface area (Å²) < 4.78 is 0. The summed E-state index contributed by atoms with van der Waals surface area (Å²) in [5, 5.41) is 37.8. The van der Waals surface area contributed by atoms with Crippen molar-refractivity contribution < 1.29 is 34.8 Å². The van der Waals surface area contributed by atoms with E-state index in [1.807, 2.05) is 41.3 Å². The number of aromatic carboxylic acids is 2. The second kappa shape index (κ2) is 17.5. The molecule has 0 fully saturated rings. The van der Waals surface area contributed by atoms with Crippen LogP contribution in [0.4, 0.5) is 11.4 Å². The Labute approximate surface area is 232 Å². The molecule has 0 aliphatic carbocycles. The Morgan fingerprint density at radius 2 is 1.00 bits per heavy atom. The standard InChI is InChI=1S/C17H20N2O3.2C7H6O2/c20-11-9-19(10-12-21)16-8-4-7-15(13-16)18-17(22)14-5-2-1-3-6-14;2*8-7(9)6-4-2-1-3-5-6/h1-8,13,20-21H,9-12H2,(H,18,22);2*1-5H,(H,8,9). The average molecular weight is 545 g/mol. The van der Waals surface area contributed by atoms with Gasteiger partial charge in [-0.05, 0) is 54.6 Å². The summed E-state index contributed by atoms with van der Waals surface area (Å²) in [5.74, 6) is -1.93. The third-order valence-corrected chi connectivity index (χ3v) is 5.29. The van der Waals surface area contributed by atoms with E-state index in [4.69, 9.17) is 20.4 Å². The quantitative estimate of drug-likeness (QED) is 0.207. The summed E-state index contributed by atoms with van der Waals surface area (Å²) in [7, 11) is 0. The molecule has 4 aromatic carbocycles. The molecule has 9 nitrogen and oxygen atoms in total. The fourth-order valence-electron chi connectivity index (χ4n) is 3.35. The highest BCUT2D eigenvalue weighted by atomic mass is 16.4. The molecule has 0 unspecified atom stereocenters. The van der Waals surface area contributed by atoms with Gasteiger partial charge in [0.05, 0.1) is 24.3 Å². The van der Waals surface area contributed by atoms with Gasteiger partial charge in [-0.1, -0.05) is 60.7 Å². The van der Waals surface area contributed by atoms with Crippen molar-refractivity contribution in [3.63, 3.8) is 0 Å². The number of carbonyl (C=O) groups excluding carboxylic acids is 1. The van der Waals surface area contributed by atoms with Crippen LogP contribution < -0.4 is 10.2 Å². The van der Waals surface area contributed by atoms with Crippen LogP contribution in [0, 0.1) is 0 Å². The van der Waals surface area contributed by atoms with Crippen molar-refractivity contribution in [2.75, 3.05) is 36.5 Å². The monoisotopic (exact) mass is 544 g/mol. The van der Waals surface area contributed by atoms with E-state index < -0.39 is 11.9 Å². The van der Waals surface area contributed by atoms with E-state index in [1.165, 1.54) is 0 Å². The number of hydrogen-bond donors (Lipinski definition) is 5. The van der Waals surface area contributed by atoms with Gasteiger partial charge in [0.15, 0.2) is 0 Å². The van der Waals surface area contributed by atoms with E-state index >= 15 is 0 Å². The van der Waals surface area contributed by atoms with Gasteiger partial charge in [0.1, 0.15) is 0 Å². The number of carboxylic acids is 2. The van der Waals surface area contributed by atoms with Gasteiger partial charge in [-0.25, -0.2) is 9.59 Å². The zero-order chi connectivity index (χ0) is 29.2. The SMILES string of the molecule is O=C(Nc1cccc(N(CCO)CCO)c1)c1ccccc1.O=C(O)c1ccccc1.O=C(O)c1ccccc1. The molecule has 4 rings (SSSR count). The number of benzene rings is 4. The fraction of sp³-hybridized carbons (Fsp3) is 0.129. The van der Waals surface area contributed by atoms with E-state index in [1.54, 1.807) is 78.9 Å². The van der Waals surface area contributed by atoms with Gasteiger partial charge in [-0.3, -0.25) is 4.79 Å². The smallest absolute Gasteiger partial charge is 0.335 e. The van der Waals surface area contributed by atoms with Crippen LogP contribution in [0.15, 0.2) is 115 Å². The maximum atomic E-state index is 12.1. The van der Waals surface area contributed by atoms with Crippen molar-refractivity contribution in [2.45, 2.75) is 0 Å². The third-order valence-electron chi connectivity index (χ3n) is 5.29. The number of carboxylic acid groups (broad SMARTS) is 2. The number of anilines is 2. The van der Waals surface area contributed by atoms with Gasteiger partial charge in [0.25, 0.3) is 5.91 Å². The summed E-state index contributed by atoms with van der Waals surface area (Å²) in [6.07, 6.45) is 0. The number of aliphatic hydroxyl groups is 2. The molecule has 0 saturated carbocycles. The minimum atomic E-state index is -0.879. The van der Waals surface area contributed by atoms with Crippen LogP contribution in [0.3, 0.4) is 0 Å². The molecule has 0 atom stereocenters. The highest BCUT2D eigenvalue weighted by Gasteiger charge is 2.09. The topological polar surface area (TPSA) is 147 Å². The molecule has 0 radical (unpaired) electrons. The van der Waals surface area contributed by atoms with E-state index in [0.717, 1.165) is 5.69 Å². The van der Waals surface area contributed by atoms with E-state index in [9.17, 15) is 14.4 Å². The molecule has 208 valence electrons. The van der Waals surface area contributed by atoms with Crippen LogP contribution in [0.25, 0.3) is 0 Å². The molecule has 0 saturated heterocycles. The molecule has 40 heavy (non-hydrogen) atoms. The second-order valence-electron chi connectivity index (χ2n) is 8.15. The van der Waals surface area contributed by atoms with E-state index in [0.29, 0.717) is 35.5 Å². The van der Waals surface area contributed by atoms with Crippen molar-refractivity contribution in [3.8, 4) is 0 Å². The Morgan fingerprint density at radius 1 is 0.575 bits per heavy atom. The first-order valence-electron chi connectivity index (χ1n) is 12.4. The number of hydrogen-bond acceptors (Lipinski definition) is 6. The van der Waals surface area contributed by atoms with Crippen LogP contribution in [0.5, 0.6) is 0 Å². The van der Waals surface area contributed by atoms with Crippen LogP contribution in [0.2, 0.25) is 0 Å². The summed E-state index contributed by atoms with van der Waals surface area (Å²) in [6.45, 7) is 0.856. The zero-order valence-electron chi connectivity index (χ0n) is 21.8. The Bertz CT molecular complexity index is 1260. The van der Waals surface area contributed by atoms with Crippen molar-refractivity contribution in [1.29, 1.82) is 0 Å². The average Bonchev–Trinajstić information content (AvgIpc) is 2.99. The Kier molecular flexibility index (Phi) is 13.7. The van der Waals surface area contributed by atoms with Crippen molar-refractivity contribution in [3.05, 3.63) is 132 Å². The molecule has 0 spiro atoms. The van der Waals surface area contributed by atoms with Crippen LogP contribution >= 0.6 is 0 Å². The molecule has 0 heterocycles. The number of rotatable bonds is 9. The van der Waals surface area contributed by atoms with Crippen molar-refractivity contribution >= 4 is 29.2 Å². The number of carbonyl (C=O) groups is 3. The highest BCUT2D eigenvalue weighted by Crippen LogP contribution is 2.20. The lowest BCUT2D eigenvalue weighted by Crippen LogP contribution is -2.29. The molecule has 1 amide bonds. The lowest BCUT2D eigenvalue weighted by atomic mass is 10.2. The molecule has 9 heteroatoms. The van der Waals surface area contributed by atoms with Gasteiger partial charge >= 0.3 is 11.9 Å². The zero-order valence-corrected chi connectivity index (χ0v) is 21.8. The summed E-state index contributed by atoms with van der Waals surface area (Å²) in [4.78, 5) is 34.4. The van der Waals surface area contributed by atoms with Gasteiger partial charge in [0, 0.05) is 30.0 Å². The van der Waals surface area contributed by atoms with Gasteiger partial charge in [0.2, 0.25) is 0 Å². The first kappa shape index (κ1) is 31.2. The molecule has 0 aromatic heterocycles. The predicted octanol–water partition coefficient (Wildman–Crippen LogP) is 4.50. The molecule has 0 aliphatic heterocycles. The van der Waals surface area contributed by atoms with Crippen molar-refractivity contribution in [2.24, 2.45) is 0 Å². The maximum Gasteiger partial charge on any atom is 0.335 e. The maximum absolute atomic E-state index is 12.1. The number of nitrogens with zero attached hydrogens (tertiary/aromatic N) is 1. The first-order chi connectivity index (χ1) is 19.3. The van der Waals surface area contributed by atoms with Gasteiger partial charge in [-0.15, -0.1) is 0 Å². The summed E-state index contributed by atoms with van der Waals surface area (Å²) in [6, 6.07) is 32.9. The minimum absolute atomic E-state index is 0.000597. The van der Waals surface area contributed by atoms with E-state index in [2.05, 4.69) is 5.32 Å². The van der Waals surface area contributed by atoms with Gasteiger partial charge in [-0.2, -0.15) is 0 Å². The largest absolute Gasteiger partial charge is 0.478 e. The third kappa shape index (κ3) is 11.2. The van der Waals surface area contributed by atoms with Crippen LogP contribution in [0.1, 0.15) is 31.1 Å². The predicted molar refractivity (Wildman–Crippen MR) is 154 cm³/mol. The number of amides is 1. The Hall–Kier alpha value is -4.99. The van der Waals surface area contributed by atoms with E-state index in [-0.39, 0.29) is 19.1 Å². The lowest BCUT2D eigenvalue weighted by molar-refractivity contribution is 0.0686. The molecule has 0 aliphatic rings. The Morgan fingerprint density at radius 3 is 1.38 bits per heavy atom. The summed E-state index contributed by atoms with van der Waals surface area (Å²) >= 11 is 0. The lowest BCUT2D eigenvalue weighted by Gasteiger charge is -2.23. The van der Waals surface area contributed by atoms with Gasteiger partial charge < -0.3 is 30.6 Å².